The van der Waals surface area contributed by atoms with Gasteiger partial charge in [0.25, 0.3) is 5.91 Å². The number of hydrogen-bond acceptors (Lipinski definition) is 4. The molecule has 23 heavy (non-hydrogen) atoms. The first-order valence-electron chi connectivity index (χ1n) is 7.00. The Bertz CT molecular complexity index is 579. The van der Waals surface area contributed by atoms with Crippen molar-refractivity contribution < 1.29 is 9.59 Å². The van der Waals surface area contributed by atoms with Crippen LogP contribution in [0.25, 0.3) is 0 Å². The molecule has 2 amide bonds. The molecule has 1 heterocycles. The van der Waals surface area contributed by atoms with E-state index in [1.165, 1.54) is 0 Å². The molecule has 0 bridgehead atoms. The molecule has 0 aliphatic carbocycles. The summed E-state index contributed by atoms with van der Waals surface area (Å²) in [7, 11) is 1.93. The van der Waals surface area contributed by atoms with Crippen molar-refractivity contribution >= 4 is 48.0 Å². The normalized spacial score (nSPS) is 13.7. The van der Waals surface area contributed by atoms with Gasteiger partial charge in [-0.15, -0.1) is 24.8 Å². The van der Waals surface area contributed by atoms with Gasteiger partial charge in [0.2, 0.25) is 5.91 Å². The first kappa shape index (κ1) is 21.5. The average molecular weight is 363 g/mol. The lowest BCUT2D eigenvalue weighted by atomic mass is 10.0. The second-order valence-corrected chi connectivity index (χ2v) is 5.99. The van der Waals surface area contributed by atoms with Gasteiger partial charge in [0.1, 0.15) is 0 Å². The topological polar surface area (TPSA) is 87.5 Å². The van der Waals surface area contributed by atoms with Crippen LogP contribution < -0.4 is 21.3 Å². The molecule has 6 nitrogen and oxygen atoms in total. The van der Waals surface area contributed by atoms with Crippen molar-refractivity contribution in [3.05, 3.63) is 23.8 Å². The highest BCUT2D eigenvalue weighted by Crippen LogP contribution is 2.29. The maximum Gasteiger partial charge on any atom is 0.251 e. The van der Waals surface area contributed by atoms with E-state index in [4.69, 9.17) is 5.73 Å². The van der Waals surface area contributed by atoms with Gasteiger partial charge in [-0.2, -0.15) is 0 Å². The zero-order chi connectivity index (χ0) is 15.6. The molecule has 2 rings (SSSR count). The van der Waals surface area contributed by atoms with Crippen LogP contribution in [-0.4, -0.2) is 37.5 Å². The maximum absolute atomic E-state index is 12.3. The molecule has 1 aromatic carbocycles. The van der Waals surface area contributed by atoms with Crippen LogP contribution in [0.5, 0.6) is 0 Å². The number of fused-ring (bicyclic) bond motifs is 1. The van der Waals surface area contributed by atoms with E-state index >= 15 is 0 Å². The van der Waals surface area contributed by atoms with Crippen molar-refractivity contribution in [2.24, 2.45) is 5.73 Å². The smallest absolute Gasteiger partial charge is 0.251 e. The van der Waals surface area contributed by atoms with Crippen LogP contribution in [-0.2, 0) is 4.79 Å². The number of amides is 2. The number of anilines is 2. The molecule has 1 aromatic rings. The fourth-order valence-corrected chi connectivity index (χ4v) is 2.14. The fourth-order valence-electron chi connectivity index (χ4n) is 2.14. The Balaban J connectivity index is 0.00000242. The van der Waals surface area contributed by atoms with Gasteiger partial charge in [-0.25, -0.2) is 0 Å². The largest absolute Gasteiger partial charge is 0.372 e. The van der Waals surface area contributed by atoms with E-state index in [-0.39, 0.29) is 36.6 Å². The number of rotatable bonds is 3. The molecule has 8 heteroatoms. The molecule has 0 aromatic heterocycles. The number of halogens is 2. The third kappa shape index (κ3) is 5.27. The van der Waals surface area contributed by atoms with Crippen molar-refractivity contribution in [3.8, 4) is 0 Å². The predicted molar refractivity (Wildman–Crippen MR) is 98.1 cm³/mol. The van der Waals surface area contributed by atoms with Crippen molar-refractivity contribution in [3.63, 3.8) is 0 Å². The summed E-state index contributed by atoms with van der Waals surface area (Å²) in [5, 5.41) is 5.72. The monoisotopic (exact) mass is 362 g/mol. The van der Waals surface area contributed by atoms with Crippen LogP contribution in [0.4, 0.5) is 11.4 Å². The van der Waals surface area contributed by atoms with Crippen LogP contribution in [0.15, 0.2) is 18.2 Å². The lowest BCUT2D eigenvalue weighted by Gasteiger charge is -2.25. The van der Waals surface area contributed by atoms with Gasteiger partial charge in [-0.05, 0) is 32.0 Å². The highest BCUT2D eigenvalue weighted by Gasteiger charge is 2.22. The lowest BCUT2D eigenvalue weighted by molar-refractivity contribution is -0.115. The van der Waals surface area contributed by atoms with E-state index < -0.39 is 5.54 Å². The van der Waals surface area contributed by atoms with Crippen molar-refractivity contribution in [2.45, 2.75) is 25.8 Å². The molecular formula is C15H24Cl2N4O2. The summed E-state index contributed by atoms with van der Waals surface area (Å²) in [6.45, 7) is 4.74. The quantitative estimate of drug-likeness (QED) is 0.764. The van der Waals surface area contributed by atoms with E-state index in [0.717, 1.165) is 5.69 Å². The molecule has 0 saturated carbocycles. The Kier molecular flexibility index (Phi) is 7.83. The third-order valence-corrected chi connectivity index (χ3v) is 3.58. The van der Waals surface area contributed by atoms with Crippen LogP contribution in [0.1, 0.15) is 30.6 Å². The van der Waals surface area contributed by atoms with Gasteiger partial charge in [0, 0.05) is 37.7 Å². The number of benzene rings is 1. The third-order valence-electron chi connectivity index (χ3n) is 3.58. The molecule has 0 saturated heterocycles. The molecule has 0 spiro atoms. The minimum atomic E-state index is -0.468. The van der Waals surface area contributed by atoms with Gasteiger partial charge >= 0.3 is 0 Å². The number of nitrogens with two attached hydrogens (primary N) is 1. The van der Waals surface area contributed by atoms with Gasteiger partial charge in [0.15, 0.2) is 0 Å². The molecule has 0 unspecified atom stereocenters. The summed E-state index contributed by atoms with van der Waals surface area (Å²) in [6.07, 6.45) is 0.437. The van der Waals surface area contributed by atoms with Gasteiger partial charge < -0.3 is 21.3 Å². The molecule has 0 fully saturated rings. The van der Waals surface area contributed by atoms with Crippen LogP contribution in [0.3, 0.4) is 0 Å². The van der Waals surface area contributed by atoms with Gasteiger partial charge in [-0.1, -0.05) is 0 Å². The second kappa shape index (κ2) is 8.38. The van der Waals surface area contributed by atoms with Crippen LogP contribution in [0, 0.1) is 0 Å². The molecule has 0 radical (unpaired) electrons. The van der Waals surface area contributed by atoms with E-state index in [2.05, 4.69) is 10.6 Å². The average Bonchev–Trinajstić information content (AvgIpc) is 2.57. The molecule has 0 atom stereocenters. The summed E-state index contributed by atoms with van der Waals surface area (Å²) in [5.41, 5.74) is 7.24. The molecule has 1 aliphatic heterocycles. The summed E-state index contributed by atoms with van der Waals surface area (Å²) < 4.78 is 0. The molecule has 130 valence electrons. The van der Waals surface area contributed by atoms with Crippen molar-refractivity contribution in [1.29, 1.82) is 0 Å². The van der Waals surface area contributed by atoms with Gasteiger partial charge in [-0.3, -0.25) is 9.59 Å². The van der Waals surface area contributed by atoms with E-state index in [9.17, 15) is 9.59 Å². The maximum atomic E-state index is 12.3. The number of hydrogen-bond donors (Lipinski definition) is 3. The van der Waals surface area contributed by atoms with Gasteiger partial charge in [0.05, 0.1) is 11.4 Å². The molecule has 1 aliphatic rings. The van der Waals surface area contributed by atoms with E-state index in [1.807, 2.05) is 31.9 Å². The number of nitrogens with one attached hydrogen (secondary N) is 2. The standard InChI is InChI=1S/C15H22N4O2.2ClH/c1-15(2,9-16)18-14(21)10-4-5-12-11(8-10)17-13(20)6-7-19(12)3;;/h4-5,8H,6-7,9,16H2,1-3H3,(H,17,20)(H,18,21);2*1H. The summed E-state index contributed by atoms with van der Waals surface area (Å²) >= 11 is 0. The minimum Gasteiger partial charge on any atom is -0.372 e. The fraction of sp³-hybridized carbons (Fsp3) is 0.467. The summed E-state index contributed by atoms with van der Waals surface area (Å²) in [6, 6.07) is 5.32. The SMILES string of the molecule is CN1CCC(=O)Nc2cc(C(=O)NC(C)(C)CN)ccc21.Cl.Cl. The summed E-state index contributed by atoms with van der Waals surface area (Å²) in [4.78, 5) is 26.0. The number of carbonyl (C=O) groups is 2. The predicted octanol–water partition coefficient (Wildman–Crippen LogP) is 1.78. The Labute approximate surface area is 149 Å². The zero-order valence-corrected chi connectivity index (χ0v) is 15.1. The number of nitrogens with zero attached hydrogens (tertiary/aromatic N) is 1. The van der Waals surface area contributed by atoms with E-state index in [1.54, 1.807) is 12.1 Å². The first-order valence-corrected chi connectivity index (χ1v) is 7.00. The Morgan fingerprint density at radius 2 is 2.04 bits per heavy atom. The highest BCUT2D eigenvalue weighted by molar-refractivity contribution is 6.01. The van der Waals surface area contributed by atoms with Crippen LogP contribution >= 0.6 is 24.8 Å². The Morgan fingerprint density at radius 1 is 1.39 bits per heavy atom. The summed E-state index contributed by atoms with van der Waals surface area (Å²) in [5.74, 6) is -0.241. The van der Waals surface area contributed by atoms with E-state index in [0.29, 0.717) is 30.8 Å². The van der Waals surface area contributed by atoms with Crippen molar-refractivity contribution in [2.75, 3.05) is 30.4 Å². The minimum absolute atomic E-state index is 0. The Hall–Kier alpha value is -1.50. The zero-order valence-electron chi connectivity index (χ0n) is 13.5. The molecular weight excluding hydrogens is 339 g/mol. The first-order chi connectivity index (χ1) is 9.82. The van der Waals surface area contributed by atoms with Crippen LogP contribution in [0.2, 0.25) is 0 Å². The lowest BCUT2D eigenvalue weighted by Crippen LogP contribution is -2.48. The Morgan fingerprint density at radius 3 is 2.65 bits per heavy atom. The number of carbonyl (C=O) groups excluding carboxylic acids is 2. The second-order valence-electron chi connectivity index (χ2n) is 5.99. The van der Waals surface area contributed by atoms with Crippen molar-refractivity contribution in [1.82, 2.24) is 5.32 Å². The molecule has 4 N–H and O–H groups in total. The highest BCUT2D eigenvalue weighted by atomic mass is 35.5.